The summed E-state index contributed by atoms with van der Waals surface area (Å²) < 4.78 is 16.9. The number of hydrogen-bond acceptors (Lipinski definition) is 5. The average molecular weight is 181 g/mol. The van der Waals surface area contributed by atoms with E-state index in [1.165, 1.54) is 0 Å². The summed E-state index contributed by atoms with van der Waals surface area (Å²) >= 11 is 0. The summed E-state index contributed by atoms with van der Waals surface area (Å²) in [5.74, 6) is 0. The Morgan fingerprint density at radius 2 is 1.67 bits per heavy atom. The Labute approximate surface area is 68.0 Å². The first-order valence-corrected chi connectivity index (χ1v) is 3.52. The number of ether oxygens (including phenoxy) is 1. The van der Waals surface area contributed by atoms with Gasteiger partial charge in [-0.15, -0.1) is 0 Å². The molecular formula is C6H11FO5. The smallest absolute Gasteiger partial charge is 0.228 e. The van der Waals surface area contributed by atoms with Crippen LogP contribution in [0.4, 0.5) is 4.39 Å². The molecule has 1 unspecified atom stereocenters. The largest absolute Gasteiger partial charge is 0.394 e. The van der Waals surface area contributed by atoms with E-state index in [0.29, 0.717) is 0 Å². The van der Waals surface area contributed by atoms with Crippen molar-refractivity contribution < 1.29 is 29.6 Å². The Hall–Kier alpha value is -0.270. The van der Waals surface area contributed by atoms with E-state index >= 15 is 0 Å². The van der Waals surface area contributed by atoms with Crippen LogP contribution in [0.15, 0.2) is 0 Å². The lowest BCUT2D eigenvalue weighted by atomic mass is 10.00. The molecule has 5 atom stereocenters. The quantitative estimate of drug-likeness (QED) is 0.367. The monoisotopic (exact) mass is 181 g/mol. The fourth-order valence-corrected chi connectivity index (χ4v) is 1.06. The van der Waals surface area contributed by atoms with Crippen LogP contribution in [0.2, 0.25) is 0 Å². The van der Waals surface area contributed by atoms with Gasteiger partial charge in [0, 0.05) is 0 Å². The van der Waals surface area contributed by atoms with E-state index in [1.54, 1.807) is 0 Å². The standard InChI is InChI=1S/C6H11FO5/c7-6-5(11)4(10)3(9)2(1-8)12-6/h2-6,8-11H,1H2/t2-,3-,4+,5+,6?/m1/s1/i7-1. The zero-order chi connectivity index (χ0) is 9.30. The highest BCUT2D eigenvalue weighted by Crippen LogP contribution is 2.21. The number of aliphatic hydroxyl groups is 4. The Kier molecular flexibility index (Phi) is 2.97. The third-order valence-corrected chi connectivity index (χ3v) is 1.83. The van der Waals surface area contributed by atoms with Gasteiger partial charge >= 0.3 is 0 Å². The minimum atomic E-state index is -2.07. The Morgan fingerprint density at radius 1 is 1.08 bits per heavy atom. The molecule has 12 heavy (non-hydrogen) atoms. The first-order valence-electron chi connectivity index (χ1n) is 3.52. The number of halogens is 1. The third-order valence-electron chi connectivity index (χ3n) is 1.83. The van der Waals surface area contributed by atoms with Gasteiger partial charge in [0.15, 0.2) is 0 Å². The summed E-state index contributed by atoms with van der Waals surface area (Å²) in [7, 11) is 0. The third kappa shape index (κ3) is 1.57. The second-order valence-corrected chi connectivity index (χ2v) is 2.68. The van der Waals surface area contributed by atoms with E-state index in [2.05, 4.69) is 4.74 Å². The first-order chi connectivity index (χ1) is 5.57. The molecule has 1 heterocycles. The molecule has 1 rings (SSSR count). The number of alkyl halides is 1. The van der Waals surface area contributed by atoms with Crippen LogP contribution in [0.25, 0.3) is 0 Å². The molecule has 4 N–H and O–H groups in total. The molecular weight excluding hydrogens is 170 g/mol. The van der Waals surface area contributed by atoms with Crippen molar-refractivity contribution in [1.82, 2.24) is 0 Å². The Bertz CT molecular complexity index is 150. The maximum Gasteiger partial charge on any atom is 0.228 e. The van der Waals surface area contributed by atoms with Crippen molar-refractivity contribution in [1.29, 1.82) is 0 Å². The highest BCUT2D eigenvalue weighted by atomic mass is 18.2. The zero-order valence-electron chi connectivity index (χ0n) is 6.17. The highest BCUT2D eigenvalue weighted by Gasteiger charge is 2.43. The summed E-state index contributed by atoms with van der Waals surface area (Å²) in [4.78, 5) is 0. The van der Waals surface area contributed by atoms with Crippen LogP contribution in [0.5, 0.6) is 0 Å². The number of rotatable bonds is 1. The van der Waals surface area contributed by atoms with Crippen LogP contribution in [-0.4, -0.2) is 57.8 Å². The van der Waals surface area contributed by atoms with Crippen LogP contribution in [0.3, 0.4) is 0 Å². The van der Waals surface area contributed by atoms with Crippen molar-refractivity contribution in [3.8, 4) is 0 Å². The van der Waals surface area contributed by atoms with Gasteiger partial charge in [0.1, 0.15) is 24.4 Å². The molecule has 72 valence electrons. The molecule has 0 aliphatic carbocycles. The SMILES string of the molecule is OC[C@H]1OC([18F])[C@@H](O)[C@@H](O)[C@@H]1O. The minimum Gasteiger partial charge on any atom is -0.394 e. The summed E-state index contributed by atoms with van der Waals surface area (Å²) in [6.45, 7) is -0.606. The lowest BCUT2D eigenvalue weighted by molar-refractivity contribution is -0.262. The summed E-state index contributed by atoms with van der Waals surface area (Å²) in [6.07, 6.45) is -8.09. The summed E-state index contributed by atoms with van der Waals surface area (Å²) in [5, 5.41) is 35.4. The van der Waals surface area contributed by atoms with Gasteiger partial charge in [-0.05, 0) is 0 Å². The average Bonchev–Trinajstić information content (AvgIpc) is 2.08. The maximum atomic E-state index is 12.6. The number of hydrogen-bond donors (Lipinski definition) is 4. The lowest BCUT2D eigenvalue weighted by Crippen LogP contribution is -2.57. The first kappa shape index (κ1) is 9.82. The molecule has 0 radical (unpaired) electrons. The molecule has 6 heteroatoms. The van der Waals surface area contributed by atoms with Gasteiger partial charge in [0.05, 0.1) is 6.61 Å². The van der Waals surface area contributed by atoms with Crippen LogP contribution in [0, 0.1) is 0 Å². The second kappa shape index (κ2) is 3.63. The molecule has 1 saturated heterocycles. The van der Waals surface area contributed by atoms with E-state index in [1.807, 2.05) is 0 Å². The topological polar surface area (TPSA) is 90.2 Å². The lowest BCUT2D eigenvalue weighted by Gasteiger charge is -2.36. The van der Waals surface area contributed by atoms with E-state index in [9.17, 15) is 4.39 Å². The van der Waals surface area contributed by atoms with Crippen LogP contribution >= 0.6 is 0 Å². The second-order valence-electron chi connectivity index (χ2n) is 2.68. The molecule has 1 fully saturated rings. The Balaban J connectivity index is 2.63. The molecule has 1 aliphatic heterocycles. The van der Waals surface area contributed by atoms with Gasteiger partial charge in [0.2, 0.25) is 6.36 Å². The predicted octanol–water partition coefficient (Wildman–Crippen LogP) is -2.24. The Morgan fingerprint density at radius 3 is 2.17 bits per heavy atom. The molecule has 0 aromatic rings. The molecule has 5 nitrogen and oxygen atoms in total. The van der Waals surface area contributed by atoms with Gasteiger partial charge in [-0.1, -0.05) is 0 Å². The molecule has 0 aromatic carbocycles. The van der Waals surface area contributed by atoms with Gasteiger partial charge in [-0.25, -0.2) is 4.39 Å². The van der Waals surface area contributed by atoms with E-state index < -0.39 is 37.4 Å². The van der Waals surface area contributed by atoms with Crippen LogP contribution in [-0.2, 0) is 4.74 Å². The fourth-order valence-electron chi connectivity index (χ4n) is 1.06. The van der Waals surface area contributed by atoms with Crippen molar-refractivity contribution in [2.75, 3.05) is 6.61 Å². The van der Waals surface area contributed by atoms with Crippen molar-refractivity contribution >= 4 is 0 Å². The van der Waals surface area contributed by atoms with Crippen molar-refractivity contribution in [3.05, 3.63) is 0 Å². The normalized spacial score (nSPS) is 49.2. The molecule has 0 amide bonds. The molecule has 0 bridgehead atoms. The van der Waals surface area contributed by atoms with Crippen LogP contribution in [0.1, 0.15) is 0 Å². The maximum absolute atomic E-state index is 12.6. The number of aliphatic hydroxyl groups excluding tert-OH is 4. The van der Waals surface area contributed by atoms with Gasteiger partial charge in [0.25, 0.3) is 0 Å². The predicted molar refractivity (Wildman–Crippen MR) is 34.9 cm³/mol. The van der Waals surface area contributed by atoms with Gasteiger partial charge in [-0.2, -0.15) is 0 Å². The van der Waals surface area contributed by atoms with E-state index in [4.69, 9.17) is 20.4 Å². The molecule has 1 aliphatic rings. The fraction of sp³-hybridized carbons (Fsp3) is 1.00. The highest BCUT2D eigenvalue weighted by molar-refractivity contribution is 4.88. The van der Waals surface area contributed by atoms with Gasteiger partial charge < -0.3 is 25.2 Å². The molecule has 0 spiro atoms. The summed E-state index contributed by atoms with van der Waals surface area (Å²) in [6, 6.07) is 0. The van der Waals surface area contributed by atoms with E-state index in [0.717, 1.165) is 0 Å². The zero-order valence-corrected chi connectivity index (χ0v) is 6.17. The van der Waals surface area contributed by atoms with Crippen molar-refractivity contribution in [2.45, 2.75) is 30.8 Å². The minimum absolute atomic E-state index is 0.606. The summed E-state index contributed by atoms with van der Waals surface area (Å²) in [5.41, 5.74) is 0. The van der Waals surface area contributed by atoms with Crippen molar-refractivity contribution in [2.24, 2.45) is 0 Å². The van der Waals surface area contributed by atoms with Gasteiger partial charge in [-0.3, -0.25) is 0 Å². The van der Waals surface area contributed by atoms with Crippen molar-refractivity contribution in [3.63, 3.8) is 0 Å². The van der Waals surface area contributed by atoms with E-state index in [-0.39, 0.29) is 0 Å². The molecule has 0 aromatic heterocycles. The molecule has 0 saturated carbocycles. The van der Waals surface area contributed by atoms with Crippen LogP contribution < -0.4 is 0 Å².